The van der Waals surface area contributed by atoms with E-state index < -0.39 is 23.2 Å². The van der Waals surface area contributed by atoms with Gasteiger partial charge in [-0.2, -0.15) is 12.6 Å². The Morgan fingerprint density at radius 2 is 1.54 bits per heavy atom. The third-order valence-electron chi connectivity index (χ3n) is 3.66. The Labute approximate surface area is 142 Å². The van der Waals surface area contributed by atoms with Gasteiger partial charge in [0.05, 0.1) is 6.10 Å². The Morgan fingerprint density at radius 1 is 1.04 bits per heavy atom. The predicted octanol–water partition coefficient (Wildman–Crippen LogP) is 4.49. The molecule has 0 aromatic heterocycles. The Hall–Kier alpha value is -1.99. The highest BCUT2D eigenvalue weighted by atomic mass is 32.1. The van der Waals surface area contributed by atoms with Crippen LogP contribution in [0.4, 0.5) is 13.2 Å². The van der Waals surface area contributed by atoms with Crippen molar-refractivity contribution in [3.63, 3.8) is 0 Å². The molecule has 2 unspecified atom stereocenters. The molecule has 2 atom stereocenters. The minimum absolute atomic E-state index is 0.106. The van der Waals surface area contributed by atoms with Crippen molar-refractivity contribution < 1.29 is 27.8 Å². The molecule has 0 saturated carbocycles. The number of aliphatic carboxylic acids is 1. The van der Waals surface area contributed by atoms with Gasteiger partial charge in [0, 0.05) is 0 Å². The Balaban J connectivity index is 2.36. The van der Waals surface area contributed by atoms with E-state index >= 15 is 0 Å². The van der Waals surface area contributed by atoms with Gasteiger partial charge in [-0.1, -0.05) is 54.6 Å². The number of rotatable bonds is 5. The molecule has 0 bridgehead atoms. The van der Waals surface area contributed by atoms with Crippen molar-refractivity contribution in [1.82, 2.24) is 0 Å². The van der Waals surface area contributed by atoms with Gasteiger partial charge in [0.1, 0.15) is 0 Å². The summed E-state index contributed by atoms with van der Waals surface area (Å²) in [6.45, 7) is 1.03. The summed E-state index contributed by atoms with van der Waals surface area (Å²) in [5.41, 5.74) is 1.82. The molecule has 3 nitrogen and oxygen atoms in total. The van der Waals surface area contributed by atoms with E-state index in [-0.39, 0.29) is 5.56 Å². The molecule has 0 fully saturated rings. The Morgan fingerprint density at radius 3 is 2.00 bits per heavy atom. The number of hydrogen-bond donors (Lipinski definition) is 2. The number of halogens is 3. The molecule has 0 aliphatic rings. The van der Waals surface area contributed by atoms with Gasteiger partial charge in [-0.15, -0.1) is 13.2 Å². The minimum atomic E-state index is -4.95. The summed E-state index contributed by atoms with van der Waals surface area (Å²) in [6.07, 6.45) is -6.67. The van der Waals surface area contributed by atoms with Crippen LogP contribution in [0.5, 0.6) is 0 Å². The maximum Gasteiger partial charge on any atom is 0.522 e. The molecule has 0 saturated heterocycles. The molecule has 0 spiro atoms. The van der Waals surface area contributed by atoms with Crippen LogP contribution < -0.4 is 0 Å². The maximum absolute atomic E-state index is 12.5. The highest BCUT2D eigenvalue weighted by Crippen LogP contribution is 2.38. The number of hydrogen-bond acceptors (Lipinski definition) is 3. The second kappa shape index (κ2) is 6.86. The lowest BCUT2D eigenvalue weighted by Crippen LogP contribution is -2.44. The third kappa shape index (κ3) is 3.91. The second-order valence-electron chi connectivity index (χ2n) is 5.22. The summed E-state index contributed by atoms with van der Waals surface area (Å²) in [6, 6.07) is 15.5. The SMILES string of the molecule is CC(OC(F)(F)F)C(S)(C(=O)O)c1ccc(-c2ccccc2)cc1. The van der Waals surface area contributed by atoms with Gasteiger partial charge in [0.2, 0.25) is 0 Å². The Kier molecular flexibility index (Phi) is 5.25. The first kappa shape index (κ1) is 18.4. The lowest BCUT2D eigenvalue weighted by atomic mass is 9.91. The molecule has 0 radical (unpaired) electrons. The van der Waals surface area contributed by atoms with Crippen molar-refractivity contribution >= 4 is 18.6 Å². The molecule has 2 aromatic carbocycles. The summed E-state index contributed by atoms with van der Waals surface area (Å²) >= 11 is 4.01. The second-order valence-corrected chi connectivity index (χ2v) is 5.93. The first-order valence-electron chi connectivity index (χ1n) is 7.01. The van der Waals surface area contributed by atoms with Gasteiger partial charge >= 0.3 is 12.3 Å². The number of benzene rings is 2. The van der Waals surface area contributed by atoms with Crippen molar-refractivity contribution in [3.8, 4) is 11.1 Å². The molecular weight excluding hydrogens is 341 g/mol. The number of carboxylic acid groups (broad SMARTS) is 1. The maximum atomic E-state index is 12.5. The first-order valence-corrected chi connectivity index (χ1v) is 7.45. The number of alkyl halides is 3. The fourth-order valence-corrected chi connectivity index (χ4v) is 2.57. The van der Waals surface area contributed by atoms with Gasteiger partial charge in [0.15, 0.2) is 4.75 Å². The zero-order valence-corrected chi connectivity index (χ0v) is 13.5. The van der Waals surface area contributed by atoms with Crippen LogP contribution in [0.25, 0.3) is 11.1 Å². The standard InChI is InChI=1S/C17H15F3O3S/c1-11(23-17(18,19)20)16(24,15(21)22)14-9-7-13(8-10-14)12-5-3-2-4-6-12/h2-11,24H,1H3,(H,21,22). The molecule has 2 aromatic rings. The van der Waals surface area contributed by atoms with E-state index in [0.29, 0.717) is 0 Å². The van der Waals surface area contributed by atoms with Crippen LogP contribution in [0, 0.1) is 0 Å². The summed E-state index contributed by atoms with van der Waals surface area (Å²) < 4.78 is 39.1. The fraction of sp³-hybridized carbons (Fsp3) is 0.235. The van der Waals surface area contributed by atoms with E-state index in [4.69, 9.17) is 0 Å². The van der Waals surface area contributed by atoms with Crippen molar-refractivity contribution in [2.75, 3.05) is 0 Å². The Bertz CT molecular complexity index is 701. The highest BCUT2D eigenvalue weighted by Gasteiger charge is 2.47. The van der Waals surface area contributed by atoms with Crippen LogP contribution >= 0.6 is 12.6 Å². The van der Waals surface area contributed by atoms with Crippen LogP contribution in [-0.4, -0.2) is 23.5 Å². The average molecular weight is 356 g/mol. The summed E-state index contributed by atoms with van der Waals surface area (Å²) in [4.78, 5) is 11.6. The average Bonchev–Trinajstić information content (AvgIpc) is 2.53. The molecule has 128 valence electrons. The van der Waals surface area contributed by atoms with E-state index in [1.54, 1.807) is 12.1 Å². The van der Waals surface area contributed by atoms with E-state index in [1.807, 2.05) is 30.3 Å². The van der Waals surface area contributed by atoms with Gasteiger partial charge < -0.3 is 5.11 Å². The van der Waals surface area contributed by atoms with Crippen LogP contribution in [0.1, 0.15) is 12.5 Å². The fourth-order valence-electron chi connectivity index (χ4n) is 2.37. The van der Waals surface area contributed by atoms with Crippen LogP contribution in [-0.2, 0) is 14.3 Å². The van der Waals surface area contributed by atoms with Crippen LogP contribution in [0.3, 0.4) is 0 Å². The lowest BCUT2D eigenvalue weighted by molar-refractivity contribution is -0.343. The molecule has 24 heavy (non-hydrogen) atoms. The third-order valence-corrected chi connectivity index (χ3v) is 4.47. The monoisotopic (exact) mass is 356 g/mol. The number of ether oxygens (including phenoxy) is 1. The van der Waals surface area contributed by atoms with Crippen LogP contribution in [0.15, 0.2) is 54.6 Å². The zero-order valence-electron chi connectivity index (χ0n) is 12.6. The van der Waals surface area contributed by atoms with E-state index in [0.717, 1.165) is 18.1 Å². The number of thiol groups is 1. The van der Waals surface area contributed by atoms with Crippen molar-refractivity contribution in [1.29, 1.82) is 0 Å². The smallest absolute Gasteiger partial charge is 0.480 e. The zero-order chi connectivity index (χ0) is 18.0. The molecular formula is C17H15F3O3S. The van der Waals surface area contributed by atoms with Gasteiger partial charge in [0.25, 0.3) is 0 Å². The largest absolute Gasteiger partial charge is 0.522 e. The topological polar surface area (TPSA) is 46.5 Å². The lowest BCUT2D eigenvalue weighted by Gasteiger charge is -2.31. The quantitative estimate of drug-likeness (QED) is 0.776. The normalized spacial score (nSPS) is 15.5. The molecule has 0 amide bonds. The van der Waals surface area contributed by atoms with Gasteiger partial charge in [-0.25, -0.2) is 0 Å². The van der Waals surface area contributed by atoms with Gasteiger partial charge in [-0.3, -0.25) is 9.53 Å². The van der Waals surface area contributed by atoms with Crippen molar-refractivity contribution in [3.05, 3.63) is 60.2 Å². The van der Waals surface area contributed by atoms with Crippen LogP contribution in [0.2, 0.25) is 0 Å². The molecule has 0 aliphatic carbocycles. The molecule has 7 heteroatoms. The minimum Gasteiger partial charge on any atom is -0.480 e. The van der Waals surface area contributed by atoms with E-state index in [1.165, 1.54) is 12.1 Å². The molecule has 0 heterocycles. The van der Waals surface area contributed by atoms with E-state index in [9.17, 15) is 23.1 Å². The summed E-state index contributed by atoms with van der Waals surface area (Å²) in [5.74, 6) is -1.52. The highest BCUT2D eigenvalue weighted by molar-refractivity contribution is 7.82. The van der Waals surface area contributed by atoms with E-state index in [2.05, 4.69) is 17.4 Å². The van der Waals surface area contributed by atoms with Gasteiger partial charge in [-0.05, 0) is 23.6 Å². The molecule has 1 N–H and O–H groups in total. The first-order chi connectivity index (χ1) is 11.1. The predicted molar refractivity (Wildman–Crippen MR) is 86.8 cm³/mol. The van der Waals surface area contributed by atoms with Crippen molar-refractivity contribution in [2.45, 2.75) is 24.1 Å². The molecule has 0 aliphatic heterocycles. The van der Waals surface area contributed by atoms with Crippen molar-refractivity contribution in [2.24, 2.45) is 0 Å². The number of carbonyl (C=O) groups is 1. The summed E-state index contributed by atoms with van der Waals surface area (Å²) in [7, 11) is 0. The summed E-state index contributed by atoms with van der Waals surface area (Å²) in [5, 5.41) is 9.42. The molecule has 2 rings (SSSR count). The number of carboxylic acids is 1.